The van der Waals surface area contributed by atoms with Crippen LogP contribution in [0.3, 0.4) is 0 Å². The molecule has 0 saturated heterocycles. The lowest BCUT2D eigenvalue weighted by atomic mass is 9.86. The van der Waals surface area contributed by atoms with Gasteiger partial charge in [0.1, 0.15) is 0 Å². The zero-order valence-corrected chi connectivity index (χ0v) is 24.7. The van der Waals surface area contributed by atoms with Gasteiger partial charge in [-0.15, -0.1) is 0 Å². The van der Waals surface area contributed by atoms with Crippen LogP contribution in [0.5, 0.6) is 0 Å². The second-order valence-corrected chi connectivity index (χ2v) is 11.8. The first-order chi connectivity index (χ1) is 20.4. The summed E-state index contributed by atoms with van der Waals surface area (Å²) >= 11 is 0. The van der Waals surface area contributed by atoms with Crippen LogP contribution in [0.2, 0.25) is 0 Å². The lowest BCUT2D eigenvalue weighted by Gasteiger charge is -2.18. The van der Waals surface area contributed by atoms with E-state index < -0.39 is 24.5 Å². The van der Waals surface area contributed by atoms with Gasteiger partial charge in [0, 0.05) is 22.3 Å². The van der Waals surface area contributed by atoms with Gasteiger partial charge in [-0.2, -0.15) is 0 Å². The van der Waals surface area contributed by atoms with Crippen LogP contribution in [0, 0.1) is 0 Å². The summed E-state index contributed by atoms with van der Waals surface area (Å²) in [6.07, 6.45) is 6.31. The minimum Gasteiger partial charge on any atom is -0.479 e. The van der Waals surface area contributed by atoms with Crippen molar-refractivity contribution < 1.29 is 29.4 Å². The number of rotatable bonds is 10. The number of aliphatic hydroxyl groups is 1. The topological polar surface area (TPSA) is 121 Å². The van der Waals surface area contributed by atoms with Gasteiger partial charge in [0.05, 0.1) is 6.54 Å². The molecule has 0 aromatic heterocycles. The molecule has 0 bridgehead atoms. The highest BCUT2D eigenvalue weighted by Gasteiger charge is 2.20. The van der Waals surface area contributed by atoms with Crippen LogP contribution in [-0.4, -0.2) is 46.3 Å². The van der Waals surface area contributed by atoms with Gasteiger partial charge in [0.15, 0.2) is 17.7 Å². The minimum atomic E-state index is -1.72. The van der Waals surface area contributed by atoms with E-state index in [-0.39, 0.29) is 33.7 Å². The van der Waals surface area contributed by atoms with Crippen LogP contribution >= 0.6 is 0 Å². The standard InChI is InChI=1S/C36H37NO6/c1-36(2,3)29-19-17-26(18-20-29)31(38)21-30(25-11-9-24(10-12-25)23-7-5-4-6-8-23)33(40)27-13-15-28(16-14-27)34(41)37-22-32(39)35(42)43/h7,9-21,32,39H,4-6,8,22H2,1-3H3,(H,37,41)(H,42,43)/b30-21-/t32-/m1/s1. The molecule has 1 atom stereocenters. The Morgan fingerprint density at radius 2 is 1.40 bits per heavy atom. The average molecular weight is 580 g/mol. The molecule has 0 heterocycles. The van der Waals surface area contributed by atoms with Crippen molar-refractivity contribution in [2.45, 2.75) is 58.0 Å². The molecule has 7 heteroatoms. The maximum absolute atomic E-state index is 13.8. The summed E-state index contributed by atoms with van der Waals surface area (Å²) in [6, 6.07) is 20.9. The van der Waals surface area contributed by atoms with Crippen LogP contribution < -0.4 is 5.32 Å². The highest BCUT2D eigenvalue weighted by Crippen LogP contribution is 2.29. The van der Waals surface area contributed by atoms with Gasteiger partial charge in [-0.1, -0.05) is 87.5 Å². The van der Waals surface area contributed by atoms with Gasteiger partial charge >= 0.3 is 5.97 Å². The molecule has 0 radical (unpaired) electrons. The Balaban J connectivity index is 1.63. The molecule has 3 N–H and O–H groups in total. The van der Waals surface area contributed by atoms with E-state index in [1.54, 1.807) is 12.1 Å². The van der Waals surface area contributed by atoms with Gasteiger partial charge in [0.2, 0.25) is 0 Å². The fourth-order valence-electron chi connectivity index (χ4n) is 4.90. The first kappa shape index (κ1) is 31.3. The average Bonchev–Trinajstić information content (AvgIpc) is 3.02. The zero-order valence-electron chi connectivity index (χ0n) is 24.7. The summed E-state index contributed by atoms with van der Waals surface area (Å²) in [5.74, 6) is -2.70. The van der Waals surface area contributed by atoms with Crippen LogP contribution in [0.1, 0.15) is 94.2 Å². The van der Waals surface area contributed by atoms with Crippen LogP contribution in [-0.2, 0) is 10.2 Å². The Hall–Kier alpha value is -4.62. The smallest absolute Gasteiger partial charge is 0.334 e. The first-order valence-corrected chi connectivity index (χ1v) is 14.4. The third-order valence-corrected chi connectivity index (χ3v) is 7.56. The number of carboxylic acids is 1. The van der Waals surface area contributed by atoms with E-state index >= 15 is 0 Å². The summed E-state index contributed by atoms with van der Waals surface area (Å²) in [5, 5.41) is 20.6. The van der Waals surface area contributed by atoms with Crippen molar-refractivity contribution in [3.63, 3.8) is 0 Å². The number of aliphatic hydroxyl groups excluding tert-OH is 1. The third-order valence-electron chi connectivity index (χ3n) is 7.56. The molecular formula is C36H37NO6. The van der Waals surface area contributed by atoms with Gasteiger partial charge in [-0.25, -0.2) is 4.79 Å². The molecule has 4 rings (SSSR count). The van der Waals surface area contributed by atoms with E-state index in [9.17, 15) is 24.3 Å². The van der Waals surface area contributed by atoms with E-state index in [4.69, 9.17) is 5.11 Å². The highest BCUT2D eigenvalue weighted by molar-refractivity contribution is 6.32. The zero-order chi connectivity index (χ0) is 31.1. The molecule has 7 nitrogen and oxygen atoms in total. The Morgan fingerprint density at radius 1 is 0.814 bits per heavy atom. The highest BCUT2D eigenvalue weighted by atomic mass is 16.4. The van der Waals surface area contributed by atoms with Crippen molar-refractivity contribution in [3.05, 3.63) is 118 Å². The second kappa shape index (κ2) is 13.6. The largest absolute Gasteiger partial charge is 0.479 e. The molecular weight excluding hydrogens is 542 g/mol. The number of carbonyl (C=O) groups is 4. The maximum atomic E-state index is 13.8. The number of carbonyl (C=O) groups excluding carboxylic acids is 3. The van der Waals surface area contributed by atoms with Crippen LogP contribution in [0.25, 0.3) is 11.1 Å². The number of ketones is 2. The van der Waals surface area contributed by atoms with Gasteiger partial charge in [0.25, 0.3) is 5.91 Å². The summed E-state index contributed by atoms with van der Waals surface area (Å²) < 4.78 is 0. The Labute approximate surface area is 252 Å². The summed E-state index contributed by atoms with van der Waals surface area (Å²) in [4.78, 5) is 50.4. The monoisotopic (exact) mass is 579 g/mol. The molecule has 0 saturated carbocycles. The third kappa shape index (κ3) is 8.02. The number of nitrogens with one attached hydrogen (secondary N) is 1. The quantitative estimate of drug-likeness (QED) is 0.192. The molecule has 0 spiro atoms. The molecule has 222 valence electrons. The van der Waals surface area contributed by atoms with Gasteiger partial charge in [-0.05, 0) is 71.6 Å². The number of hydrogen-bond donors (Lipinski definition) is 3. The normalized spacial score (nSPS) is 14.4. The van der Waals surface area contributed by atoms with E-state index in [0.29, 0.717) is 11.1 Å². The van der Waals surface area contributed by atoms with Crippen molar-refractivity contribution in [2.75, 3.05) is 6.54 Å². The molecule has 43 heavy (non-hydrogen) atoms. The molecule has 3 aromatic carbocycles. The summed E-state index contributed by atoms with van der Waals surface area (Å²) in [7, 11) is 0. The van der Waals surface area contributed by atoms with Crippen molar-refractivity contribution in [1.29, 1.82) is 0 Å². The number of aliphatic carboxylic acids is 1. The molecule has 0 unspecified atom stereocenters. The minimum absolute atomic E-state index is 0.0623. The summed E-state index contributed by atoms with van der Waals surface area (Å²) in [5.41, 5.74) is 5.20. The number of Topliss-reactive ketones (excluding diaryl/α,β-unsaturated/α-hetero) is 1. The number of allylic oxidation sites excluding steroid dienone is 4. The fraction of sp³-hybridized carbons (Fsp3) is 0.278. The molecule has 0 fully saturated rings. The van der Waals surface area contributed by atoms with Gasteiger partial charge < -0.3 is 15.5 Å². The predicted molar refractivity (Wildman–Crippen MR) is 167 cm³/mol. The predicted octanol–water partition coefficient (Wildman–Crippen LogP) is 6.27. The Bertz CT molecular complexity index is 1560. The lowest BCUT2D eigenvalue weighted by Crippen LogP contribution is -2.36. The number of benzene rings is 3. The van der Waals surface area contributed by atoms with E-state index in [1.165, 1.54) is 42.3 Å². The first-order valence-electron chi connectivity index (χ1n) is 14.4. The van der Waals surface area contributed by atoms with E-state index in [1.807, 2.05) is 36.4 Å². The summed E-state index contributed by atoms with van der Waals surface area (Å²) in [6.45, 7) is 5.85. The Kier molecular flexibility index (Phi) is 9.88. The van der Waals surface area contributed by atoms with Crippen molar-refractivity contribution in [3.8, 4) is 0 Å². The van der Waals surface area contributed by atoms with Crippen molar-refractivity contribution in [1.82, 2.24) is 5.32 Å². The molecule has 1 aliphatic carbocycles. The maximum Gasteiger partial charge on any atom is 0.334 e. The second-order valence-electron chi connectivity index (χ2n) is 11.8. The molecule has 1 amide bonds. The van der Waals surface area contributed by atoms with E-state index in [2.05, 4.69) is 32.2 Å². The molecule has 3 aromatic rings. The number of amides is 1. The van der Waals surface area contributed by atoms with Crippen molar-refractivity contribution >= 4 is 34.6 Å². The fourth-order valence-corrected chi connectivity index (χ4v) is 4.90. The lowest BCUT2D eigenvalue weighted by molar-refractivity contribution is -0.146. The molecule has 1 aliphatic rings. The van der Waals surface area contributed by atoms with Crippen LogP contribution in [0.4, 0.5) is 0 Å². The van der Waals surface area contributed by atoms with E-state index in [0.717, 1.165) is 30.4 Å². The number of hydrogen-bond acceptors (Lipinski definition) is 5. The van der Waals surface area contributed by atoms with Crippen LogP contribution in [0.15, 0.2) is 84.9 Å². The molecule has 0 aliphatic heterocycles. The number of carboxylic acid groups (broad SMARTS) is 1. The van der Waals surface area contributed by atoms with Gasteiger partial charge in [-0.3, -0.25) is 14.4 Å². The Morgan fingerprint density at radius 3 is 1.95 bits per heavy atom. The van der Waals surface area contributed by atoms with Crippen molar-refractivity contribution in [2.24, 2.45) is 0 Å². The SMILES string of the molecule is CC(C)(C)c1ccc(C(=O)/C=C(\C(=O)c2ccc(C(=O)NC[C@@H](O)C(=O)O)cc2)c2ccc(C3=CCCCC3)cc2)cc1.